The van der Waals surface area contributed by atoms with Crippen molar-refractivity contribution in [3.05, 3.63) is 65.7 Å². The first-order valence-corrected chi connectivity index (χ1v) is 7.49. The van der Waals surface area contributed by atoms with E-state index >= 15 is 0 Å². The van der Waals surface area contributed by atoms with Crippen molar-refractivity contribution in [2.75, 3.05) is 0 Å². The number of hydrogen-bond acceptors (Lipinski definition) is 2. The van der Waals surface area contributed by atoms with Crippen LogP contribution in [0.2, 0.25) is 0 Å². The van der Waals surface area contributed by atoms with Gasteiger partial charge < -0.3 is 4.74 Å². The Morgan fingerprint density at radius 3 is 2.52 bits per heavy atom. The van der Waals surface area contributed by atoms with Crippen LogP contribution in [0.1, 0.15) is 42.6 Å². The topological polar surface area (TPSA) is 26.3 Å². The lowest BCUT2D eigenvalue weighted by Gasteiger charge is -2.10. The van der Waals surface area contributed by atoms with Crippen LogP contribution in [0.3, 0.4) is 0 Å². The van der Waals surface area contributed by atoms with Crippen LogP contribution in [-0.2, 0) is 6.42 Å². The molecule has 110 valence electrons. The Kier molecular flexibility index (Phi) is 5.56. The SMILES string of the molecule is CC(C)Oc1cccc(C(=O)CCCc2ccccc2)c1. The molecular weight excluding hydrogens is 260 g/mol. The van der Waals surface area contributed by atoms with E-state index in [1.54, 1.807) is 0 Å². The minimum absolute atomic E-state index is 0.119. The van der Waals surface area contributed by atoms with Crippen molar-refractivity contribution in [3.63, 3.8) is 0 Å². The average Bonchev–Trinajstić information content (AvgIpc) is 2.48. The zero-order valence-electron chi connectivity index (χ0n) is 12.7. The van der Waals surface area contributed by atoms with Gasteiger partial charge in [0, 0.05) is 12.0 Å². The Morgan fingerprint density at radius 2 is 1.81 bits per heavy atom. The molecule has 0 saturated carbocycles. The van der Waals surface area contributed by atoms with Crippen molar-refractivity contribution in [1.29, 1.82) is 0 Å². The van der Waals surface area contributed by atoms with E-state index in [-0.39, 0.29) is 11.9 Å². The number of carbonyl (C=O) groups excluding carboxylic acids is 1. The van der Waals surface area contributed by atoms with Gasteiger partial charge in [-0.25, -0.2) is 0 Å². The Bertz CT molecular complexity index is 573. The van der Waals surface area contributed by atoms with Crippen LogP contribution in [0.5, 0.6) is 5.75 Å². The highest BCUT2D eigenvalue weighted by Crippen LogP contribution is 2.17. The van der Waals surface area contributed by atoms with Crippen molar-refractivity contribution in [1.82, 2.24) is 0 Å². The van der Waals surface area contributed by atoms with Crippen LogP contribution in [0, 0.1) is 0 Å². The predicted octanol–water partition coefficient (Wildman–Crippen LogP) is 4.68. The van der Waals surface area contributed by atoms with E-state index in [2.05, 4.69) is 12.1 Å². The fourth-order valence-electron chi connectivity index (χ4n) is 2.26. The molecule has 0 bridgehead atoms. The molecule has 0 N–H and O–H groups in total. The molecule has 2 aromatic rings. The summed E-state index contributed by atoms with van der Waals surface area (Å²) in [7, 11) is 0. The van der Waals surface area contributed by atoms with Gasteiger partial charge in [0.05, 0.1) is 6.10 Å². The number of ketones is 1. The summed E-state index contributed by atoms with van der Waals surface area (Å²) in [5.41, 5.74) is 2.02. The van der Waals surface area contributed by atoms with Crippen LogP contribution in [0.15, 0.2) is 54.6 Å². The number of carbonyl (C=O) groups is 1. The van der Waals surface area contributed by atoms with Gasteiger partial charge in [-0.2, -0.15) is 0 Å². The highest BCUT2D eigenvalue weighted by Gasteiger charge is 2.07. The molecule has 0 spiro atoms. The predicted molar refractivity (Wildman–Crippen MR) is 85.9 cm³/mol. The fraction of sp³-hybridized carbons (Fsp3) is 0.316. The lowest BCUT2D eigenvalue weighted by Crippen LogP contribution is -2.06. The molecule has 0 saturated heterocycles. The van der Waals surface area contributed by atoms with E-state index in [9.17, 15) is 4.79 Å². The highest BCUT2D eigenvalue weighted by atomic mass is 16.5. The maximum absolute atomic E-state index is 12.2. The third kappa shape index (κ3) is 5.07. The van der Waals surface area contributed by atoms with Gasteiger partial charge >= 0.3 is 0 Å². The minimum atomic E-state index is 0.119. The maximum Gasteiger partial charge on any atom is 0.163 e. The van der Waals surface area contributed by atoms with E-state index < -0.39 is 0 Å². The van der Waals surface area contributed by atoms with E-state index in [1.807, 2.05) is 56.3 Å². The molecule has 0 aromatic heterocycles. The number of rotatable bonds is 7. The molecule has 0 aliphatic rings. The van der Waals surface area contributed by atoms with Crippen molar-refractivity contribution >= 4 is 5.78 Å². The zero-order chi connectivity index (χ0) is 15.1. The largest absolute Gasteiger partial charge is 0.491 e. The number of Topliss-reactive ketones (excluding diaryl/α,β-unsaturated/α-hetero) is 1. The van der Waals surface area contributed by atoms with Crippen LogP contribution in [0.25, 0.3) is 0 Å². The van der Waals surface area contributed by atoms with E-state index in [0.717, 1.165) is 24.2 Å². The molecule has 0 aliphatic heterocycles. The number of aryl methyl sites for hydroxylation is 1. The van der Waals surface area contributed by atoms with Crippen LogP contribution in [0.4, 0.5) is 0 Å². The monoisotopic (exact) mass is 282 g/mol. The molecule has 0 fully saturated rings. The molecule has 21 heavy (non-hydrogen) atoms. The molecule has 0 radical (unpaired) electrons. The molecule has 2 aromatic carbocycles. The van der Waals surface area contributed by atoms with Gasteiger partial charge in [-0.15, -0.1) is 0 Å². The molecular formula is C19H22O2. The van der Waals surface area contributed by atoms with Crippen LogP contribution >= 0.6 is 0 Å². The maximum atomic E-state index is 12.2. The summed E-state index contributed by atoms with van der Waals surface area (Å²) in [5, 5.41) is 0. The lowest BCUT2D eigenvalue weighted by molar-refractivity contribution is 0.0979. The minimum Gasteiger partial charge on any atom is -0.491 e. The highest BCUT2D eigenvalue weighted by molar-refractivity contribution is 5.96. The van der Waals surface area contributed by atoms with E-state index in [4.69, 9.17) is 4.74 Å². The quantitative estimate of drug-likeness (QED) is 0.689. The zero-order valence-corrected chi connectivity index (χ0v) is 12.7. The molecule has 0 unspecified atom stereocenters. The molecule has 0 aliphatic carbocycles. The molecule has 0 amide bonds. The smallest absolute Gasteiger partial charge is 0.163 e. The molecule has 2 rings (SSSR count). The average molecular weight is 282 g/mol. The third-order valence-corrected chi connectivity index (χ3v) is 3.24. The Morgan fingerprint density at radius 1 is 1.05 bits per heavy atom. The van der Waals surface area contributed by atoms with E-state index in [0.29, 0.717) is 6.42 Å². The summed E-state index contributed by atoms with van der Waals surface area (Å²) >= 11 is 0. The van der Waals surface area contributed by atoms with Gasteiger partial charge in [0.25, 0.3) is 0 Å². The molecule has 2 nitrogen and oxygen atoms in total. The van der Waals surface area contributed by atoms with Gasteiger partial charge in [-0.05, 0) is 44.4 Å². The van der Waals surface area contributed by atoms with Crippen molar-refractivity contribution < 1.29 is 9.53 Å². The van der Waals surface area contributed by atoms with Gasteiger partial charge in [-0.3, -0.25) is 4.79 Å². The number of benzene rings is 2. The van der Waals surface area contributed by atoms with Crippen LogP contribution < -0.4 is 4.74 Å². The molecule has 0 atom stereocenters. The van der Waals surface area contributed by atoms with Gasteiger partial charge in [0.1, 0.15) is 5.75 Å². The normalized spacial score (nSPS) is 10.6. The first-order valence-electron chi connectivity index (χ1n) is 7.49. The summed E-state index contributed by atoms with van der Waals surface area (Å²) in [4.78, 5) is 12.2. The summed E-state index contributed by atoms with van der Waals surface area (Å²) in [5.74, 6) is 0.944. The Labute approximate surface area is 126 Å². The summed E-state index contributed by atoms with van der Waals surface area (Å²) in [6, 6.07) is 17.7. The Hall–Kier alpha value is -2.09. The fourth-order valence-corrected chi connectivity index (χ4v) is 2.26. The number of hydrogen-bond donors (Lipinski definition) is 0. The number of ether oxygens (including phenoxy) is 1. The third-order valence-electron chi connectivity index (χ3n) is 3.24. The van der Waals surface area contributed by atoms with Gasteiger partial charge in [0.15, 0.2) is 5.78 Å². The summed E-state index contributed by atoms with van der Waals surface area (Å²) < 4.78 is 5.63. The summed E-state index contributed by atoms with van der Waals surface area (Å²) in [6.45, 7) is 3.96. The van der Waals surface area contributed by atoms with E-state index in [1.165, 1.54) is 5.56 Å². The first-order chi connectivity index (χ1) is 10.1. The summed E-state index contributed by atoms with van der Waals surface area (Å²) in [6.07, 6.45) is 2.50. The van der Waals surface area contributed by atoms with Crippen LogP contribution in [-0.4, -0.2) is 11.9 Å². The second kappa shape index (κ2) is 7.63. The molecule has 0 heterocycles. The van der Waals surface area contributed by atoms with Gasteiger partial charge in [-0.1, -0.05) is 42.5 Å². The van der Waals surface area contributed by atoms with Crippen molar-refractivity contribution in [2.24, 2.45) is 0 Å². The first kappa shape index (κ1) is 15.3. The Balaban J connectivity index is 1.88. The standard InChI is InChI=1S/C19H22O2/c1-15(2)21-18-12-7-11-17(14-18)19(20)13-6-10-16-8-4-3-5-9-16/h3-5,7-9,11-12,14-15H,6,10,13H2,1-2H3. The van der Waals surface area contributed by atoms with Gasteiger partial charge in [0.2, 0.25) is 0 Å². The van der Waals surface area contributed by atoms with Crippen molar-refractivity contribution in [2.45, 2.75) is 39.2 Å². The second-order valence-electron chi connectivity index (χ2n) is 5.46. The molecule has 2 heteroatoms. The second-order valence-corrected chi connectivity index (χ2v) is 5.46. The lowest BCUT2D eigenvalue weighted by atomic mass is 10.0. The van der Waals surface area contributed by atoms with Crippen molar-refractivity contribution in [3.8, 4) is 5.75 Å².